The number of carbonyl (C=O) groups is 1. The van der Waals surface area contributed by atoms with E-state index in [1.165, 1.54) is 12.1 Å². The third-order valence-corrected chi connectivity index (χ3v) is 3.16. The van der Waals surface area contributed by atoms with Crippen LogP contribution in [0.2, 0.25) is 5.02 Å². The highest BCUT2D eigenvalue weighted by atomic mass is 35.5. The Labute approximate surface area is 104 Å². The Bertz CT molecular complexity index is 419. The van der Waals surface area contributed by atoms with Gasteiger partial charge in [-0.1, -0.05) is 11.6 Å². The van der Waals surface area contributed by atoms with Crippen LogP contribution in [-0.2, 0) is 4.79 Å². The van der Waals surface area contributed by atoms with Crippen LogP contribution in [0.25, 0.3) is 0 Å². The molecule has 0 aromatic heterocycles. The van der Waals surface area contributed by atoms with Crippen LogP contribution in [0.5, 0.6) is 0 Å². The highest BCUT2D eigenvalue weighted by molar-refractivity contribution is 6.30. The topological polar surface area (TPSA) is 41.1 Å². The van der Waals surface area contributed by atoms with Crippen LogP contribution < -0.4 is 10.6 Å². The quantitative estimate of drug-likeness (QED) is 0.853. The minimum absolute atomic E-state index is 0.0394. The van der Waals surface area contributed by atoms with Crippen molar-refractivity contribution >= 4 is 23.2 Å². The summed E-state index contributed by atoms with van der Waals surface area (Å²) in [5.41, 5.74) is 0.447. The summed E-state index contributed by atoms with van der Waals surface area (Å²) in [6.07, 6.45) is 1.86. The highest BCUT2D eigenvalue weighted by Gasteiger charge is 2.20. The van der Waals surface area contributed by atoms with Gasteiger partial charge in [-0.15, -0.1) is 0 Å². The van der Waals surface area contributed by atoms with Gasteiger partial charge >= 0.3 is 0 Å². The predicted molar refractivity (Wildman–Crippen MR) is 65.6 cm³/mol. The molecule has 0 spiro atoms. The van der Waals surface area contributed by atoms with Gasteiger partial charge in [0.25, 0.3) is 0 Å². The van der Waals surface area contributed by atoms with E-state index in [1.54, 1.807) is 6.07 Å². The van der Waals surface area contributed by atoms with E-state index in [0.717, 1.165) is 19.4 Å². The number of halogens is 2. The van der Waals surface area contributed by atoms with Gasteiger partial charge in [0.05, 0.1) is 10.9 Å². The van der Waals surface area contributed by atoms with E-state index in [-0.39, 0.29) is 16.8 Å². The largest absolute Gasteiger partial charge is 0.326 e. The molecule has 92 valence electrons. The molecule has 2 N–H and O–H groups in total. The van der Waals surface area contributed by atoms with E-state index in [2.05, 4.69) is 10.6 Å². The molecule has 3 nitrogen and oxygen atoms in total. The molecule has 0 aliphatic carbocycles. The average Bonchev–Trinajstić information content (AvgIpc) is 2.35. The number of anilines is 1. The first kappa shape index (κ1) is 12.3. The number of rotatable bonds is 2. The van der Waals surface area contributed by atoms with Gasteiger partial charge in [-0.05, 0) is 37.6 Å². The van der Waals surface area contributed by atoms with E-state index < -0.39 is 5.82 Å². The SMILES string of the molecule is O=C(Nc1ccc(Cl)c(F)c1)[C@H]1CCCNC1. The van der Waals surface area contributed by atoms with Crippen LogP contribution in [0.3, 0.4) is 0 Å². The Hall–Kier alpha value is -1.13. The van der Waals surface area contributed by atoms with Crippen molar-refractivity contribution in [2.24, 2.45) is 5.92 Å². The first-order chi connectivity index (χ1) is 8.16. The molecule has 1 atom stereocenters. The zero-order chi connectivity index (χ0) is 12.3. The Kier molecular flexibility index (Phi) is 3.97. The first-order valence-electron chi connectivity index (χ1n) is 5.63. The van der Waals surface area contributed by atoms with E-state index in [9.17, 15) is 9.18 Å². The summed E-state index contributed by atoms with van der Waals surface area (Å²) < 4.78 is 13.2. The monoisotopic (exact) mass is 256 g/mol. The summed E-state index contributed by atoms with van der Waals surface area (Å²) in [5.74, 6) is -0.632. The molecule has 1 saturated heterocycles. The number of piperidine rings is 1. The van der Waals surface area contributed by atoms with E-state index in [4.69, 9.17) is 11.6 Å². The summed E-state index contributed by atoms with van der Waals surface area (Å²) in [6, 6.07) is 4.27. The van der Waals surface area contributed by atoms with E-state index in [0.29, 0.717) is 12.2 Å². The lowest BCUT2D eigenvalue weighted by Crippen LogP contribution is -2.37. The van der Waals surface area contributed by atoms with Gasteiger partial charge in [0.15, 0.2) is 0 Å². The van der Waals surface area contributed by atoms with Crippen molar-refractivity contribution in [1.29, 1.82) is 0 Å². The molecule has 1 fully saturated rings. The third kappa shape index (κ3) is 3.17. The van der Waals surface area contributed by atoms with Gasteiger partial charge in [0, 0.05) is 12.2 Å². The van der Waals surface area contributed by atoms with Crippen molar-refractivity contribution in [2.75, 3.05) is 18.4 Å². The van der Waals surface area contributed by atoms with Gasteiger partial charge < -0.3 is 10.6 Å². The zero-order valence-corrected chi connectivity index (χ0v) is 10.1. The maximum absolute atomic E-state index is 13.2. The van der Waals surface area contributed by atoms with E-state index in [1.807, 2.05) is 0 Å². The average molecular weight is 257 g/mol. The van der Waals surface area contributed by atoms with Gasteiger partial charge in [-0.25, -0.2) is 4.39 Å². The molecule has 0 saturated carbocycles. The number of amides is 1. The summed E-state index contributed by atoms with van der Waals surface area (Å²) in [7, 11) is 0. The fourth-order valence-corrected chi connectivity index (χ4v) is 2.01. The van der Waals surface area contributed by atoms with Gasteiger partial charge in [-0.3, -0.25) is 4.79 Å². The number of carbonyl (C=O) groups excluding carboxylic acids is 1. The second-order valence-electron chi connectivity index (χ2n) is 4.16. The van der Waals surface area contributed by atoms with Crippen LogP contribution in [0.1, 0.15) is 12.8 Å². The summed E-state index contributed by atoms with van der Waals surface area (Å²) in [4.78, 5) is 11.9. The van der Waals surface area contributed by atoms with Crippen LogP contribution in [0, 0.1) is 11.7 Å². The lowest BCUT2D eigenvalue weighted by atomic mass is 9.99. The fraction of sp³-hybridized carbons (Fsp3) is 0.417. The fourth-order valence-electron chi connectivity index (χ4n) is 1.89. The molecule has 0 radical (unpaired) electrons. The summed E-state index contributed by atoms with van der Waals surface area (Å²) in [5, 5.41) is 5.93. The highest BCUT2D eigenvalue weighted by Crippen LogP contribution is 2.20. The molecular weight excluding hydrogens is 243 g/mol. The van der Waals surface area contributed by atoms with Gasteiger partial charge in [-0.2, -0.15) is 0 Å². The Morgan fingerprint density at radius 1 is 1.53 bits per heavy atom. The van der Waals surface area contributed by atoms with Crippen molar-refractivity contribution < 1.29 is 9.18 Å². The molecule has 1 aliphatic heterocycles. The third-order valence-electron chi connectivity index (χ3n) is 2.85. The maximum atomic E-state index is 13.2. The van der Waals surface area contributed by atoms with Crippen LogP contribution in [-0.4, -0.2) is 19.0 Å². The molecule has 1 aromatic rings. The first-order valence-corrected chi connectivity index (χ1v) is 6.01. The summed E-state index contributed by atoms with van der Waals surface area (Å²) in [6.45, 7) is 1.64. The Morgan fingerprint density at radius 2 is 2.35 bits per heavy atom. The maximum Gasteiger partial charge on any atom is 0.228 e. The minimum atomic E-state index is -0.522. The molecule has 5 heteroatoms. The van der Waals surface area contributed by atoms with Gasteiger partial charge in [0.2, 0.25) is 5.91 Å². The molecule has 0 bridgehead atoms. The number of benzene rings is 1. The number of hydrogen-bond donors (Lipinski definition) is 2. The molecule has 17 heavy (non-hydrogen) atoms. The standard InChI is InChI=1S/C12H14ClFN2O/c13-10-4-3-9(6-11(10)14)16-12(17)8-2-1-5-15-7-8/h3-4,6,8,15H,1-2,5,7H2,(H,16,17)/t8-/m0/s1. The van der Waals surface area contributed by atoms with Crippen molar-refractivity contribution in [1.82, 2.24) is 5.32 Å². The molecule has 1 aliphatic rings. The second-order valence-corrected chi connectivity index (χ2v) is 4.57. The Morgan fingerprint density at radius 3 is 3.00 bits per heavy atom. The normalized spacial score (nSPS) is 20.0. The van der Waals surface area contributed by atoms with Crippen LogP contribution in [0.15, 0.2) is 18.2 Å². The van der Waals surface area contributed by atoms with Crippen LogP contribution >= 0.6 is 11.6 Å². The second kappa shape index (κ2) is 5.47. The minimum Gasteiger partial charge on any atom is -0.326 e. The van der Waals surface area contributed by atoms with Crippen molar-refractivity contribution in [2.45, 2.75) is 12.8 Å². The zero-order valence-electron chi connectivity index (χ0n) is 9.30. The molecule has 1 heterocycles. The lowest BCUT2D eigenvalue weighted by molar-refractivity contribution is -0.120. The molecule has 0 unspecified atom stereocenters. The van der Waals surface area contributed by atoms with E-state index >= 15 is 0 Å². The molecule has 1 aromatic carbocycles. The Balaban J connectivity index is 1.99. The van der Waals surface area contributed by atoms with Crippen molar-refractivity contribution in [3.05, 3.63) is 29.0 Å². The molecule has 1 amide bonds. The van der Waals surface area contributed by atoms with Crippen molar-refractivity contribution in [3.8, 4) is 0 Å². The van der Waals surface area contributed by atoms with Crippen LogP contribution in [0.4, 0.5) is 10.1 Å². The predicted octanol–water partition coefficient (Wildman–Crippen LogP) is 2.42. The van der Waals surface area contributed by atoms with Gasteiger partial charge in [0.1, 0.15) is 5.82 Å². The van der Waals surface area contributed by atoms with Crippen molar-refractivity contribution in [3.63, 3.8) is 0 Å². The summed E-state index contributed by atoms with van der Waals surface area (Å²) >= 11 is 5.57. The number of hydrogen-bond acceptors (Lipinski definition) is 2. The number of nitrogens with one attached hydrogen (secondary N) is 2. The molecule has 2 rings (SSSR count). The lowest BCUT2D eigenvalue weighted by Gasteiger charge is -2.21. The molecular formula is C12H14ClFN2O. The smallest absolute Gasteiger partial charge is 0.228 e.